The van der Waals surface area contributed by atoms with Crippen LogP contribution in [0.1, 0.15) is 11.7 Å². The largest absolute Gasteiger partial charge is 0.379 e. The van der Waals surface area contributed by atoms with Crippen LogP contribution < -0.4 is 0 Å². The summed E-state index contributed by atoms with van der Waals surface area (Å²) in [7, 11) is 0. The van der Waals surface area contributed by atoms with Crippen LogP contribution in [-0.2, 0) is 4.74 Å². The first-order valence-corrected chi connectivity index (χ1v) is 11.2. The Morgan fingerprint density at radius 3 is 2.53 bits per heavy atom. The van der Waals surface area contributed by atoms with Gasteiger partial charge in [-0.1, -0.05) is 12.1 Å². The minimum absolute atomic E-state index is 0.138. The number of hydrogen-bond acceptors (Lipinski definition) is 7. The van der Waals surface area contributed by atoms with Gasteiger partial charge in [-0.3, -0.25) is 9.88 Å². The van der Waals surface area contributed by atoms with Gasteiger partial charge in [0.2, 0.25) is 0 Å². The molecule has 1 saturated heterocycles. The van der Waals surface area contributed by atoms with E-state index in [1.54, 1.807) is 24.5 Å². The van der Waals surface area contributed by atoms with E-state index in [2.05, 4.69) is 16.0 Å². The van der Waals surface area contributed by atoms with E-state index in [0.29, 0.717) is 19.0 Å². The number of ether oxygens (including phenoxy) is 1. The maximum atomic E-state index is 13.4. The molecule has 2 aliphatic heterocycles. The summed E-state index contributed by atoms with van der Waals surface area (Å²) in [6.07, 6.45) is 5.19. The first kappa shape index (κ1) is 19.5. The highest BCUT2D eigenvalue weighted by atomic mass is 32.2. The quantitative estimate of drug-likeness (QED) is 0.473. The summed E-state index contributed by atoms with van der Waals surface area (Å²) in [5.74, 6) is 0.414. The second-order valence-corrected chi connectivity index (χ2v) is 8.60. The number of hydrogen-bond donors (Lipinski definition) is 0. The summed E-state index contributed by atoms with van der Waals surface area (Å²) < 4.78 is 21.0. The third kappa shape index (κ3) is 3.48. The van der Waals surface area contributed by atoms with Gasteiger partial charge >= 0.3 is 0 Å². The molecule has 0 bridgehead atoms. The molecule has 0 spiro atoms. The van der Waals surface area contributed by atoms with Crippen molar-refractivity contribution < 1.29 is 9.13 Å². The molecule has 0 aliphatic carbocycles. The summed E-state index contributed by atoms with van der Waals surface area (Å²) in [5, 5.41) is 6.61. The van der Waals surface area contributed by atoms with Gasteiger partial charge in [-0.25, -0.2) is 19.0 Å². The van der Waals surface area contributed by atoms with Crippen molar-refractivity contribution in [3.05, 3.63) is 72.4 Å². The van der Waals surface area contributed by atoms with Crippen LogP contribution in [-0.4, -0.2) is 55.9 Å². The van der Waals surface area contributed by atoms with Gasteiger partial charge in [0.15, 0.2) is 11.0 Å². The molecule has 9 heteroatoms. The zero-order valence-corrected chi connectivity index (χ0v) is 17.9. The number of fused-ring (bicyclic) bond motifs is 2. The summed E-state index contributed by atoms with van der Waals surface area (Å²) >= 11 is 1.52. The van der Waals surface area contributed by atoms with E-state index >= 15 is 0 Å². The molecule has 160 valence electrons. The SMILES string of the molecule is Fc1ccc(-c2cnc3c(c2)C(N2CCOCC2)n2nc(-c4ccncc4)nc2S3)cc1. The molecule has 0 amide bonds. The molecule has 7 nitrogen and oxygen atoms in total. The molecule has 32 heavy (non-hydrogen) atoms. The van der Waals surface area contributed by atoms with Crippen molar-refractivity contribution in [2.75, 3.05) is 26.3 Å². The number of halogens is 1. The van der Waals surface area contributed by atoms with Gasteiger partial charge in [0, 0.05) is 48.4 Å². The molecular formula is C23H19FN6OS. The monoisotopic (exact) mass is 446 g/mol. The van der Waals surface area contributed by atoms with Crippen molar-refractivity contribution in [1.29, 1.82) is 0 Å². The molecule has 1 fully saturated rings. The van der Waals surface area contributed by atoms with Gasteiger partial charge < -0.3 is 4.74 Å². The highest BCUT2D eigenvalue weighted by Gasteiger charge is 2.35. The Hall–Kier alpha value is -3.14. The standard InChI is InChI=1S/C23H19FN6OS/c24-18-3-1-15(2-4-18)17-13-19-21(26-14-17)32-23-27-20(16-5-7-25-8-6-16)28-30(23)22(19)29-9-11-31-12-10-29/h1-8,13-14,22H,9-12H2. The van der Waals surface area contributed by atoms with Crippen LogP contribution in [0.2, 0.25) is 0 Å². The van der Waals surface area contributed by atoms with E-state index in [0.717, 1.165) is 45.5 Å². The van der Waals surface area contributed by atoms with Crippen LogP contribution in [0.5, 0.6) is 0 Å². The third-order valence-electron chi connectivity index (χ3n) is 5.68. The Bertz CT molecular complexity index is 1260. The number of pyridine rings is 2. The Labute approximate surface area is 188 Å². The van der Waals surface area contributed by atoms with E-state index < -0.39 is 0 Å². The number of aromatic nitrogens is 5. The second kappa shape index (κ2) is 8.09. The van der Waals surface area contributed by atoms with Gasteiger partial charge in [-0.15, -0.1) is 5.10 Å². The summed E-state index contributed by atoms with van der Waals surface area (Å²) in [6, 6.07) is 12.5. The van der Waals surface area contributed by atoms with Gasteiger partial charge in [0.1, 0.15) is 17.0 Å². The average Bonchev–Trinajstić information content (AvgIpc) is 3.27. The van der Waals surface area contributed by atoms with E-state index in [1.165, 1.54) is 23.9 Å². The normalized spacial score (nSPS) is 18.2. The molecule has 0 saturated carbocycles. The maximum Gasteiger partial charge on any atom is 0.194 e. The van der Waals surface area contributed by atoms with Crippen molar-refractivity contribution in [2.24, 2.45) is 0 Å². The lowest BCUT2D eigenvalue weighted by Gasteiger charge is -2.37. The molecule has 5 heterocycles. The first-order chi connectivity index (χ1) is 15.8. The Balaban J connectivity index is 1.47. The first-order valence-electron chi connectivity index (χ1n) is 10.4. The number of nitrogens with zero attached hydrogens (tertiary/aromatic N) is 6. The number of benzene rings is 1. The lowest BCUT2D eigenvalue weighted by Crippen LogP contribution is -2.43. The summed E-state index contributed by atoms with van der Waals surface area (Å²) in [5.41, 5.74) is 3.86. The zero-order chi connectivity index (χ0) is 21.5. The molecule has 0 radical (unpaired) electrons. The highest BCUT2D eigenvalue weighted by Crippen LogP contribution is 2.43. The summed E-state index contributed by atoms with van der Waals surface area (Å²) in [4.78, 5) is 16.0. The summed E-state index contributed by atoms with van der Waals surface area (Å²) in [6.45, 7) is 2.93. The Kier molecular flexibility index (Phi) is 4.94. The van der Waals surface area contributed by atoms with E-state index in [1.807, 2.05) is 23.0 Å². The van der Waals surface area contributed by atoms with Crippen molar-refractivity contribution in [1.82, 2.24) is 29.6 Å². The fourth-order valence-electron chi connectivity index (χ4n) is 4.09. The predicted octanol–water partition coefficient (Wildman–Crippen LogP) is 3.88. The molecule has 1 aromatic carbocycles. The van der Waals surface area contributed by atoms with Crippen LogP contribution in [0, 0.1) is 5.82 Å². The minimum Gasteiger partial charge on any atom is -0.379 e. The fourth-order valence-corrected chi connectivity index (χ4v) is 5.02. The molecular weight excluding hydrogens is 427 g/mol. The van der Waals surface area contributed by atoms with Crippen LogP contribution in [0.4, 0.5) is 4.39 Å². The fraction of sp³-hybridized carbons (Fsp3) is 0.217. The van der Waals surface area contributed by atoms with Crippen molar-refractivity contribution in [2.45, 2.75) is 16.3 Å². The Morgan fingerprint density at radius 2 is 1.75 bits per heavy atom. The zero-order valence-electron chi connectivity index (χ0n) is 17.1. The van der Waals surface area contributed by atoms with E-state index in [4.69, 9.17) is 19.8 Å². The van der Waals surface area contributed by atoms with Gasteiger partial charge in [0.25, 0.3) is 0 Å². The number of morpholine rings is 1. The van der Waals surface area contributed by atoms with Crippen LogP contribution >= 0.6 is 11.8 Å². The smallest absolute Gasteiger partial charge is 0.194 e. The molecule has 0 N–H and O–H groups in total. The van der Waals surface area contributed by atoms with Crippen molar-refractivity contribution in [3.8, 4) is 22.5 Å². The number of rotatable bonds is 3. The Morgan fingerprint density at radius 1 is 0.969 bits per heavy atom. The van der Waals surface area contributed by atoms with E-state index in [9.17, 15) is 4.39 Å². The van der Waals surface area contributed by atoms with Gasteiger partial charge in [0.05, 0.1) is 13.2 Å². The molecule has 1 unspecified atom stereocenters. The second-order valence-electron chi connectivity index (χ2n) is 7.65. The lowest BCUT2D eigenvalue weighted by molar-refractivity contribution is 0.00286. The maximum absolute atomic E-state index is 13.4. The van der Waals surface area contributed by atoms with Crippen LogP contribution in [0.15, 0.2) is 71.2 Å². The van der Waals surface area contributed by atoms with Crippen LogP contribution in [0.3, 0.4) is 0 Å². The van der Waals surface area contributed by atoms with E-state index in [-0.39, 0.29) is 12.0 Å². The topological polar surface area (TPSA) is 69.0 Å². The van der Waals surface area contributed by atoms with Gasteiger partial charge in [-0.2, -0.15) is 0 Å². The molecule has 2 aliphatic rings. The predicted molar refractivity (Wildman–Crippen MR) is 118 cm³/mol. The highest BCUT2D eigenvalue weighted by molar-refractivity contribution is 7.99. The third-order valence-corrected chi connectivity index (χ3v) is 6.68. The van der Waals surface area contributed by atoms with Crippen molar-refractivity contribution in [3.63, 3.8) is 0 Å². The van der Waals surface area contributed by atoms with Crippen molar-refractivity contribution >= 4 is 11.8 Å². The van der Waals surface area contributed by atoms with Gasteiger partial charge in [-0.05, 0) is 47.7 Å². The average molecular weight is 447 g/mol. The lowest BCUT2D eigenvalue weighted by atomic mass is 10.0. The molecule has 3 aromatic heterocycles. The minimum atomic E-state index is -0.252. The molecule has 4 aromatic rings. The van der Waals surface area contributed by atoms with Crippen LogP contribution in [0.25, 0.3) is 22.5 Å². The molecule has 6 rings (SSSR count). The molecule has 1 atom stereocenters.